The fraction of sp³-hybridized carbons (Fsp3) is 0.421. The lowest BCUT2D eigenvalue weighted by molar-refractivity contribution is 0.0996. The summed E-state index contributed by atoms with van der Waals surface area (Å²) in [5.41, 5.74) is 8.65. The molecule has 1 aliphatic carbocycles. The molecule has 29 heavy (non-hydrogen) atoms. The number of amides is 1. The van der Waals surface area contributed by atoms with E-state index in [9.17, 15) is 9.90 Å². The van der Waals surface area contributed by atoms with E-state index >= 15 is 0 Å². The molecule has 1 saturated carbocycles. The van der Waals surface area contributed by atoms with Crippen molar-refractivity contribution in [1.29, 1.82) is 0 Å². The Morgan fingerprint density at radius 3 is 2.66 bits per heavy atom. The van der Waals surface area contributed by atoms with Crippen LogP contribution in [-0.4, -0.2) is 41.9 Å². The van der Waals surface area contributed by atoms with Gasteiger partial charge in [0, 0.05) is 11.7 Å². The molecule has 152 valence electrons. The van der Waals surface area contributed by atoms with Crippen molar-refractivity contribution in [1.82, 2.24) is 18.7 Å². The largest absolute Gasteiger partial charge is 0.393 e. The highest BCUT2D eigenvalue weighted by Gasteiger charge is 2.23. The molecule has 9 nitrogen and oxygen atoms in total. The maximum Gasteiger partial charge on any atom is 0.271 e. The van der Waals surface area contributed by atoms with Crippen molar-refractivity contribution in [2.75, 3.05) is 10.6 Å². The molecule has 0 atom stereocenters. The highest BCUT2D eigenvalue weighted by Crippen LogP contribution is 2.27. The zero-order chi connectivity index (χ0) is 20.4. The number of hydrogen-bond acceptors (Lipinski definition) is 9. The van der Waals surface area contributed by atoms with E-state index in [4.69, 9.17) is 5.73 Å². The highest BCUT2D eigenvalue weighted by molar-refractivity contribution is 7.00. The Balaban J connectivity index is 1.65. The Morgan fingerprint density at radius 2 is 1.93 bits per heavy atom. The number of aryl methyl sites for hydroxylation is 1. The third-order valence-electron chi connectivity index (χ3n) is 5.09. The standard InChI is InChI=1S/C19H23N7O2S/c1-2-13-18(21-10-3-6-12(27)7-4-10)24-19(16(23-13)17(20)28)22-11-5-8-14-15(9-11)26-29-25-14/h5,8-10,12,27H,2-4,6-7H2,1H3,(H2,20,28)(H2,21,22,24). The fourth-order valence-electron chi connectivity index (χ4n) is 3.50. The van der Waals surface area contributed by atoms with Crippen LogP contribution >= 0.6 is 11.7 Å². The lowest BCUT2D eigenvalue weighted by Crippen LogP contribution is -2.29. The van der Waals surface area contributed by atoms with E-state index in [-0.39, 0.29) is 17.8 Å². The number of fused-ring (bicyclic) bond motifs is 1. The van der Waals surface area contributed by atoms with Gasteiger partial charge in [-0.25, -0.2) is 9.97 Å². The minimum absolute atomic E-state index is 0.1000. The number of carbonyl (C=O) groups excluding carboxylic acids is 1. The first kappa shape index (κ1) is 19.5. The summed E-state index contributed by atoms with van der Waals surface area (Å²) in [4.78, 5) is 21.1. The van der Waals surface area contributed by atoms with Crippen molar-refractivity contribution >= 4 is 46.0 Å². The number of aliphatic hydroxyl groups is 1. The third kappa shape index (κ3) is 4.28. The van der Waals surface area contributed by atoms with Crippen molar-refractivity contribution in [2.24, 2.45) is 5.73 Å². The van der Waals surface area contributed by atoms with E-state index in [1.54, 1.807) is 0 Å². The number of anilines is 3. The van der Waals surface area contributed by atoms with E-state index in [1.165, 1.54) is 0 Å². The van der Waals surface area contributed by atoms with Crippen LogP contribution < -0.4 is 16.4 Å². The Bertz CT molecular complexity index is 1030. The van der Waals surface area contributed by atoms with Crippen molar-refractivity contribution in [3.63, 3.8) is 0 Å². The van der Waals surface area contributed by atoms with Gasteiger partial charge in [0.05, 0.1) is 23.5 Å². The van der Waals surface area contributed by atoms with Crippen LogP contribution in [0.15, 0.2) is 18.2 Å². The van der Waals surface area contributed by atoms with Crippen LogP contribution in [0.4, 0.5) is 17.3 Å². The van der Waals surface area contributed by atoms with Gasteiger partial charge in [0.2, 0.25) is 0 Å². The van der Waals surface area contributed by atoms with Gasteiger partial charge in [-0.05, 0) is 50.3 Å². The SMILES string of the molecule is CCc1nc(C(N)=O)c(Nc2ccc3nsnc3c2)nc1NC1CCC(O)CC1. The predicted octanol–water partition coefficient (Wildman–Crippen LogP) is 2.60. The number of nitrogens with two attached hydrogens (primary N) is 1. The minimum atomic E-state index is -0.640. The number of aromatic nitrogens is 4. The monoisotopic (exact) mass is 413 g/mol. The molecule has 2 heterocycles. The van der Waals surface area contributed by atoms with Crippen molar-refractivity contribution in [2.45, 2.75) is 51.2 Å². The molecule has 4 rings (SSSR count). The van der Waals surface area contributed by atoms with Crippen molar-refractivity contribution in [3.05, 3.63) is 29.6 Å². The van der Waals surface area contributed by atoms with Gasteiger partial charge < -0.3 is 21.5 Å². The summed E-state index contributed by atoms with van der Waals surface area (Å²) >= 11 is 1.15. The molecule has 0 bridgehead atoms. The Labute approximate surface area is 172 Å². The number of benzene rings is 1. The van der Waals surface area contributed by atoms with Gasteiger partial charge in [-0.3, -0.25) is 4.79 Å². The van der Waals surface area contributed by atoms with Crippen LogP contribution in [0.1, 0.15) is 48.8 Å². The Kier molecular flexibility index (Phi) is 5.54. The van der Waals surface area contributed by atoms with E-state index in [1.807, 2.05) is 25.1 Å². The molecule has 0 saturated heterocycles. The topological polar surface area (TPSA) is 139 Å². The summed E-state index contributed by atoms with van der Waals surface area (Å²) in [5, 5.41) is 16.3. The minimum Gasteiger partial charge on any atom is -0.393 e. The maximum atomic E-state index is 12.0. The summed E-state index contributed by atoms with van der Waals surface area (Å²) < 4.78 is 8.43. The van der Waals surface area contributed by atoms with Crippen LogP contribution in [0.3, 0.4) is 0 Å². The number of aliphatic hydroxyl groups excluding tert-OH is 1. The number of nitrogens with one attached hydrogen (secondary N) is 2. The van der Waals surface area contributed by atoms with Crippen LogP contribution in [0, 0.1) is 0 Å². The predicted molar refractivity (Wildman–Crippen MR) is 113 cm³/mol. The molecule has 0 radical (unpaired) electrons. The summed E-state index contributed by atoms with van der Waals surface area (Å²) in [7, 11) is 0. The first-order chi connectivity index (χ1) is 14.0. The van der Waals surface area contributed by atoms with E-state index in [2.05, 4.69) is 29.3 Å². The first-order valence-corrected chi connectivity index (χ1v) is 10.4. The smallest absolute Gasteiger partial charge is 0.271 e. The van der Waals surface area contributed by atoms with Crippen LogP contribution in [0.2, 0.25) is 0 Å². The zero-order valence-electron chi connectivity index (χ0n) is 16.1. The van der Waals surface area contributed by atoms with E-state index < -0.39 is 5.91 Å². The van der Waals surface area contributed by atoms with Crippen molar-refractivity contribution in [3.8, 4) is 0 Å². The molecule has 3 aromatic rings. The first-order valence-electron chi connectivity index (χ1n) is 9.68. The molecule has 1 fully saturated rings. The third-order valence-corrected chi connectivity index (χ3v) is 5.65. The molecule has 1 aromatic carbocycles. The second-order valence-corrected chi connectivity index (χ2v) is 7.70. The van der Waals surface area contributed by atoms with Gasteiger partial charge in [0.25, 0.3) is 5.91 Å². The summed E-state index contributed by atoms with van der Waals surface area (Å²) in [6, 6.07) is 5.75. The number of rotatable bonds is 6. The van der Waals surface area contributed by atoms with Crippen LogP contribution in [0.25, 0.3) is 11.0 Å². The van der Waals surface area contributed by atoms with Gasteiger partial charge in [-0.1, -0.05) is 6.92 Å². The van der Waals surface area contributed by atoms with Crippen LogP contribution in [0.5, 0.6) is 0 Å². The van der Waals surface area contributed by atoms with Gasteiger partial charge in [0.1, 0.15) is 16.9 Å². The normalized spacial score (nSPS) is 19.2. The lowest BCUT2D eigenvalue weighted by atomic mass is 9.93. The second kappa shape index (κ2) is 8.26. The van der Waals surface area contributed by atoms with Crippen LogP contribution in [-0.2, 0) is 6.42 Å². The molecule has 0 unspecified atom stereocenters. The van der Waals surface area contributed by atoms with E-state index in [0.29, 0.717) is 23.8 Å². The quantitative estimate of drug-likeness (QED) is 0.484. The molecule has 5 N–H and O–H groups in total. The average Bonchev–Trinajstić information content (AvgIpc) is 3.17. The molecule has 0 aliphatic heterocycles. The zero-order valence-corrected chi connectivity index (χ0v) is 16.9. The number of hydrogen-bond donors (Lipinski definition) is 4. The number of nitrogens with zero attached hydrogens (tertiary/aromatic N) is 4. The second-order valence-electron chi connectivity index (χ2n) is 7.18. The number of carbonyl (C=O) groups is 1. The van der Waals surface area contributed by atoms with Gasteiger partial charge in [-0.2, -0.15) is 8.75 Å². The molecule has 0 spiro atoms. The summed E-state index contributed by atoms with van der Waals surface area (Å²) in [5.74, 6) is 0.298. The molecule has 1 amide bonds. The molecular formula is C19H23N7O2S. The molecule has 1 aliphatic rings. The maximum absolute atomic E-state index is 12.0. The Hall–Kier alpha value is -2.85. The Morgan fingerprint density at radius 1 is 1.17 bits per heavy atom. The van der Waals surface area contributed by atoms with Gasteiger partial charge in [0.15, 0.2) is 11.5 Å². The fourth-order valence-corrected chi connectivity index (χ4v) is 4.02. The number of primary amides is 1. The molecule has 10 heteroatoms. The highest BCUT2D eigenvalue weighted by atomic mass is 32.1. The van der Waals surface area contributed by atoms with Gasteiger partial charge >= 0.3 is 0 Å². The van der Waals surface area contributed by atoms with Crippen molar-refractivity contribution < 1.29 is 9.90 Å². The molecular weight excluding hydrogens is 390 g/mol. The summed E-state index contributed by atoms with van der Waals surface area (Å²) in [6.07, 6.45) is 3.63. The summed E-state index contributed by atoms with van der Waals surface area (Å²) in [6.45, 7) is 1.96. The average molecular weight is 414 g/mol. The lowest BCUT2D eigenvalue weighted by Gasteiger charge is -2.27. The van der Waals surface area contributed by atoms with E-state index in [0.717, 1.165) is 54.1 Å². The molecule has 2 aromatic heterocycles. The van der Waals surface area contributed by atoms with Gasteiger partial charge in [-0.15, -0.1) is 0 Å².